The molecular formula is C14H21NO4. The van der Waals surface area contributed by atoms with E-state index < -0.39 is 5.60 Å². The summed E-state index contributed by atoms with van der Waals surface area (Å²) in [6.07, 6.45) is 0.433. The molecule has 1 aromatic carbocycles. The van der Waals surface area contributed by atoms with E-state index in [2.05, 4.69) is 5.32 Å². The number of phenols is 1. The van der Waals surface area contributed by atoms with Gasteiger partial charge in [0.1, 0.15) is 5.75 Å². The van der Waals surface area contributed by atoms with Gasteiger partial charge in [-0.25, -0.2) is 0 Å². The molecule has 106 valence electrons. The third kappa shape index (κ3) is 4.89. The summed E-state index contributed by atoms with van der Waals surface area (Å²) >= 11 is 0. The van der Waals surface area contributed by atoms with E-state index in [1.165, 1.54) is 6.07 Å². The van der Waals surface area contributed by atoms with Gasteiger partial charge in [0, 0.05) is 32.2 Å². The summed E-state index contributed by atoms with van der Waals surface area (Å²) in [5, 5.41) is 22.2. The van der Waals surface area contributed by atoms with Crippen molar-refractivity contribution < 1.29 is 19.7 Å². The van der Waals surface area contributed by atoms with Gasteiger partial charge in [-0.1, -0.05) is 6.07 Å². The van der Waals surface area contributed by atoms with Crippen molar-refractivity contribution in [3.8, 4) is 5.75 Å². The molecule has 0 aliphatic carbocycles. The van der Waals surface area contributed by atoms with E-state index in [0.29, 0.717) is 24.2 Å². The van der Waals surface area contributed by atoms with Crippen molar-refractivity contribution in [2.24, 2.45) is 0 Å². The van der Waals surface area contributed by atoms with Gasteiger partial charge in [0.05, 0.1) is 5.60 Å². The predicted octanol–water partition coefficient (Wildman–Crippen LogP) is 1.22. The molecule has 3 N–H and O–H groups in total. The third-order valence-electron chi connectivity index (χ3n) is 2.95. The minimum Gasteiger partial charge on any atom is -0.508 e. The first kappa shape index (κ1) is 15.5. The Morgan fingerprint density at radius 1 is 1.47 bits per heavy atom. The SMILES string of the molecule is COCCC(C)(O)CNC(=O)c1ccc(C)c(O)c1. The Bertz CT molecular complexity index is 443. The predicted molar refractivity (Wildman–Crippen MR) is 72.3 cm³/mol. The van der Waals surface area contributed by atoms with Gasteiger partial charge >= 0.3 is 0 Å². The number of carbonyl (C=O) groups excluding carboxylic acids is 1. The Kier molecular flexibility index (Phi) is 5.32. The Labute approximate surface area is 113 Å². The zero-order chi connectivity index (χ0) is 14.5. The van der Waals surface area contributed by atoms with Crippen molar-refractivity contribution in [2.75, 3.05) is 20.3 Å². The van der Waals surface area contributed by atoms with Crippen molar-refractivity contribution in [3.63, 3.8) is 0 Å². The van der Waals surface area contributed by atoms with Crippen LogP contribution in [-0.2, 0) is 4.74 Å². The number of methoxy groups -OCH3 is 1. The van der Waals surface area contributed by atoms with Crippen LogP contribution in [0.5, 0.6) is 5.75 Å². The molecule has 1 rings (SSSR count). The molecule has 0 saturated carbocycles. The van der Waals surface area contributed by atoms with Crippen LogP contribution in [0.15, 0.2) is 18.2 Å². The number of hydrogen-bond donors (Lipinski definition) is 3. The molecule has 1 amide bonds. The van der Waals surface area contributed by atoms with Crippen LogP contribution in [0, 0.1) is 6.92 Å². The van der Waals surface area contributed by atoms with Crippen LogP contribution >= 0.6 is 0 Å². The minimum atomic E-state index is -1.02. The summed E-state index contributed by atoms with van der Waals surface area (Å²) < 4.78 is 4.89. The van der Waals surface area contributed by atoms with Crippen LogP contribution < -0.4 is 5.32 Å². The Morgan fingerprint density at radius 2 is 2.16 bits per heavy atom. The number of benzene rings is 1. The first-order valence-electron chi connectivity index (χ1n) is 6.15. The number of carbonyl (C=O) groups is 1. The quantitative estimate of drug-likeness (QED) is 0.724. The summed E-state index contributed by atoms with van der Waals surface area (Å²) in [6, 6.07) is 4.72. The zero-order valence-corrected chi connectivity index (χ0v) is 11.6. The number of hydrogen-bond acceptors (Lipinski definition) is 4. The first-order chi connectivity index (χ1) is 8.85. The van der Waals surface area contributed by atoms with Gasteiger partial charge in [-0.05, 0) is 31.5 Å². The lowest BCUT2D eigenvalue weighted by molar-refractivity contribution is 0.0243. The summed E-state index contributed by atoms with van der Waals surface area (Å²) in [7, 11) is 1.56. The highest BCUT2D eigenvalue weighted by Crippen LogP contribution is 2.17. The fourth-order valence-corrected chi connectivity index (χ4v) is 1.53. The number of nitrogens with one attached hydrogen (secondary N) is 1. The van der Waals surface area contributed by atoms with Crippen LogP contribution in [0.3, 0.4) is 0 Å². The standard InChI is InChI=1S/C14H21NO4/c1-10-4-5-11(8-12(10)16)13(17)15-9-14(2,18)6-7-19-3/h4-5,8,16,18H,6-7,9H2,1-3H3,(H,15,17). The normalized spacial score (nSPS) is 13.9. The summed E-state index contributed by atoms with van der Waals surface area (Å²) in [6.45, 7) is 3.95. The van der Waals surface area contributed by atoms with E-state index in [0.717, 1.165) is 0 Å². The van der Waals surface area contributed by atoms with Gasteiger partial charge in [-0.15, -0.1) is 0 Å². The largest absolute Gasteiger partial charge is 0.508 e. The van der Waals surface area contributed by atoms with Gasteiger partial charge in [0.25, 0.3) is 5.91 Å². The van der Waals surface area contributed by atoms with E-state index in [4.69, 9.17) is 4.74 Å². The summed E-state index contributed by atoms with van der Waals surface area (Å²) in [5.74, 6) is -0.244. The Hall–Kier alpha value is -1.59. The van der Waals surface area contributed by atoms with Gasteiger partial charge < -0.3 is 20.3 Å². The maximum atomic E-state index is 11.9. The van der Waals surface area contributed by atoms with Crippen LogP contribution in [0.4, 0.5) is 0 Å². The second kappa shape index (κ2) is 6.54. The minimum absolute atomic E-state index is 0.0822. The van der Waals surface area contributed by atoms with Crippen LogP contribution in [0.2, 0.25) is 0 Å². The van der Waals surface area contributed by atoms with Crippen LogP contribution in [-0.4, -0.2) is 42.0 Å². The average molecular weight is 267 g/mol. The van der Waals surface area contributed by atoms with Gasteiger partial charge in [-0.3, -0.25) is 4.79 Å². The van der Waals surface area contributed by atoms with Gasteiger partial charge in [0.15, 0.2) is 0 Å². The van der Waals surface area contributed by atoms with E-state index in [9.17, 15) is 15.0 Å². The molecule has 1 atom stereocenters. The van der Waals surface area contributed by atoms with E-state index in [1.54, 1.807) is 33.1 Å². The molecule has 1 unspecified atom stereocenters. The number of aryl methyl sites for hydroxylation is 1. The van der Waals surface area contributed by atoms with Crippen molar-refractivity contribution in [2.45, 2.75) is 25.9 Å². The maximum absolute atomic E-state index is 11.9. The van der Waals surface area contributed by atoms with Crippen molar-refractivity contribution in [1.82, 2.24) is 5.32 Å². The fourth-order valence-electron chi connectivity index (χ4n) is 1.53. The first-order valence-corrected chi connectivity index (χ1v) is 6.15. The molecule has 0 aliphatic rings. The highest BCUT2D eigenvalue weighted by Gasteiger charge is 2.21. The maximum Gasteiger partial charge on any atom is 0.251 e. The number of aliphatic hydroxyl groups is 1. The number of ether oxygens (including phenoxy) is 1. The lowest BCUT2D eigenvalue weighted by Gasteiger charge is -2.23. The lowest BCUT2D eigenvalue weighted by Crippen LogP contribution is -2.41. The molecule has 0 bridgehead atoms. The molecular weight excluding hydrogens is 246 g/mol. The molecule has 0 aliphatic heterocycles. The fraction of sp³-hybridized carbons (Fsp3) is 0.500. The molecule has 5 nitrogen and oxygen atoms in total. The molecule has 19 heavy (non-hydrogen) atoms. The number of amides is 1. The smallest absolute Gasteiger partial charge is 0.251 e. The number of rotatable bonds is 6. The Balaban J connectivity index is 2.57. The zero-order valence-electron chi connectivity index (χ0n) is 11.6. The third-order valence-corrected chi connectivity index (χ3v) is 2.95. The number of phenolic OH excluding ortho intramolecular Hbond substituents is 1. The summed E-state index contributed by atoms with van der Waals surface area (Å²) in [4.78, 5) is 11.9. The second-order valence-electron chi connectivity index (χ2n) is 4.92. The molecule has 0 heterocycles. The molecule has 0 radical (unpaired) electrons. The van der Waals surface area contributed by atoms with Crippen molar-refractivity contribution in [3.05, 3.63) is 29.3 Å². The summed E-state index contributed by atoms with van der Waals surface area (Å²) in [5.41, 5.74) is 0.0626. The Morgan fingerprint density at radius 3 is 2.74 bits per heavy atom. The molecule has 0 saturated heterocycles. The molecule has 1 aromatic rings. The topological polar surface area (TPSA) is 78.8 Å². The highest BCUT2D eigenvalue weighted by molar-refractivity contribution is 5.94. The monoisotopic (exact) mass is 267 g/mol. The van der Waals surface area contributed by atoms with Crippen LogP contribution in [0.1, 0.15) is 29.3 Å². The molecule has 0 fully saturated rings. The molecule has 0 spiro atoms. The van der Waals surface area contributed by atoms with E-state index in [-0.39, 0.29) is 18.2 Å². The highest BCUT2D eigenvalue weighted by atomic mass is 16.5. The van der Waals surface area contributed by atoms with Gasteiger partial charge in [0.2, 0.25) is 0 Å². The molecule has 0 aromatic heterocycles. The number of aromatic hydroxyl groups is 1. The van der Waals surface area contributed by atoms with E-state index >= 15 is 0 Å². The van der Waals surface area contributed by atoms with Crippen molar-refractivity contribution >= 4 is 5.91 Å². The van der Waals surface area contributed by atoms with Gasteiger partial charge in [-0.2, -0.15) is 0 Å². The van der Waals surface area contributed by atoms with Crippen molar-refractivity contribution in [1.29, 1.82) is 0 Å². The second-order valence-corrected chi connectivity index (χ2v) is 4.92. The van der Waals surface area contributed by atoms with Crippen LogP contribution in [0.25, 0.3) is 0 Å². The average Bonchev–Trinajstić information content (AvgIpc) is 2.37. The lowest BCUT2D eigenvalue weighted by atomic mass is 10.0. The molecule has 5 heteroatoms. The van der Waals surface area contributed by atoms with E-state index in [1.807, 2.05) is 0 Å².